The number of hydrogen-bond donors (Lipinski definition) is 1. The van der Waals surface area contributed by atoms with Crippen LogP contribution in [-0.2, 0) is 4.79 Å². The van der Waals surface area contributed by atoms with Gasteiger partial charge in [0.1, 0.15) is 0 Å². The summed E-state index contributed by atoms with van der Waals surface area (Å²) in [5, 5.41) is 5.33. The van der Waals surface area contributed by atoms with Gasteiger partial charge in [0.05, 0.1) is 6.04 Å². The highest BCUT2D eigenvalue weighted by atomic mass is 32.1. The van der Waals surface area contributed by atoms with E-state index in [1.165, 1.54) is 24.1 Å². The van der Waals surface area contributed by atoms with Gasteiger partial charge in [0, 0.05) is 17.3 Å². The minimum Gasteiger partial charge on any atom is -0.354 e. The topological polar surface area (TPSA) is 32.3 Å². The number of hydrogen-bond acceptors (Lipinski definition) is 3. The second-order valence-electron chi connectivity index (χ2n) is 5.89. The van der Waals surface area contributed by atoms with Gasteiger partial charge in [-0.3, -0.25) is 9.69 Å². The zero-order chi connectivity index (χ0) is 15.1. The summed E-state index contributed by atoms with van der Waals surface area (Å²) in [5.41, 5.74) is 0. The van der Waals surface area contributed by atoms with Crippen LogP contribution in [0.2, 0.25) is 0 Å². The third-order valence-corrected chi connectivity index (χ3v) is 5.50. The first kappa shape index (κ1) is 16.5. The van der Waals surface area contributed by atoms with Gasteiger partial charge in [-0.1, -0.05) is 26.3 Å². The molecule has 1 fully saturated rings. The number of rotatable bonds is 7. The number of amides is 1. The minimum atomic E-state index is 0.162. The number of likely N-dealkylation sites (tertiary alicyclic amines) is 1. The molecular weight excluding hydrogens is 280 g/mol. The second-order valence-corrected chi connectivity index (χ2v) is 6.87. The first-order chi connectivity index (χ1) is 10.3. The van der Waals surface area contributed by atoms with Crippen LogP contribution >= 0.6 is 11.3 Å². The molecule has 0 aromatic carbocycles. The molecule has 118 valence electrons. The summed E-state index contributed by atoms with van der Waals surface area (Å²) in [6.07, 6.45) is 5.75. The molecule has 1 aromatic rings. The second kappa shape index (κ2) is 8.54. The van der Waals surface area contributed by atoms with E-state index in [1.54, 1.807) is 11.3 Å². The van der Waals surface area contributed by atoms with Crippen LogP contribution < -0.4 is 5.32 Å². The highest BCUT2D eigenvalue weighted by Crippen LogP contribution is 2.27. The largest absolute Gasteiger partial charge is 0.354 e. The lowest BCUT2D eigenvalue weighted by atomic mass is 10.0. The fraction of sp³-hybridized carbons (Fsp3) is 0.706. The Morgan fingerprint density at radius 1 is 1.29 bits per heavy atom. The molecule has 1 aromatic heterocycles. The first-order valence-corrected chi connectivity index (χ1v) is 9.19. The maximum Gasteiger partial charge on any atom is 0.223 e. The van der Waals surface area contributed by atoms with E-state index in [0.29, 0.717) is 6.04 Å². The molecule has 0 spiro atoms. The summed E-state index contributed by atoms with van der Waals surface area (Å²) >= 11 is 1.80. The molecule has 0 aliphatic carbocycles. The molecule has 21 heavy (non-hydrogen) atoms. The fourth-order valence-corrected chi connectivity index (χ4v) is 3.98. The molecule has 0 bridgehead atoms. The number of nitrogens with zero attached hydrogens (tertiary/aromatic N) is 1. The van der Waals surface area contributed by atoms with Gasteiger partial charge in [-0.2, -0.15) is 0 Å². The van der Waals surface area contributed by atoms with Crippen LogP contribution in [0.3, 0.4) is 0 Å². The van der Waals surface area contributed by atoms with Crippen molar-refractivity contribution in [1.82, 2.24) is 10.2 Å². The average molecular weight is 308 g/mol. The van der Waals surface area contributed by atoms with E-state index in [4.69, 9.17) is 0 Å². The zero-order valence-electron chi connectivity index (χ0n) is 13.3. The molecule has 1 saturated heterocycles. The Hall–Kier alpha value is -0.870. The third kappa shape index (κ3) is 4.55. The molecular formula is C17H28N2OS. The van der Waals surface area contributed by atoms with Crippen LogP contribution in [-0.4, -0.2) is 30.4 Å². The molecule has 2 rings (SSSR count). The Labute approximate surface area is 132 Å². The van der Waals surface area contributed by atoms with Crippen LogP contribution in [0.5, 0.6) is 0 Å². The predicted octanol–water partition coefficient (Wildman–Crippen LogP) is 3.83. The number of thiophene rings is 1. The molecule has 3 nitrogen and oxygen atoms in total. The van der Waals surface area contributed by atoms with Crippen molar-refractivity contribution in [1.29, 1.82) is 0 Å². The average Bonchev–Trinajstić information content (AvgIpc) is 3.04. The lowest BCUT2D eigenvalue weighted by Crippen LogP contribution is -2.41. The summed E-state index contributed by atoms with van der Waals surface area (Å²) in [6, 6.07) is 4.66. The van der Waals surface area contributed by atoms with E-state index in [1.807, 2.05) is 0 Å². The highest BCUT2D eigenvalue weighted by Gasteiger charge is 2.24. The molecule has 1 aliphatic heterocycles. The summed E-state index contributed by atoms with van der Waals surface area (Å²) in [6.45, 7) is 7.24. The summed E-state index contributed by atoms with van der Waals surface area (Å²) in [5.74, 6) is 0.383. The Bertz CT molecular complexity index is 408. The Kier molecular flexibility index (Phi) is 6.71. The van der Waals surface area contributed by atoms with Crippen LogP contribution in [0.4, 0.5) is 0 Å². The lowest BCUT2D eigenvalue weighted by molar-refractivity contribution is -0.125. The highest BCUT2D eigenvalue weighted by molar-refractivity contribution is 7.10. The number of carbonyl (C=O) groups excluding carboxylic acids is 1. The van der Waals surface area contributed by atoms with Crippen LogP contribution in [0.1, 0.15) is 56.9 Å². The molecule has 4 heteroatoms. The van der Waals surface area contributed by atoms with Crippen molar-refractivity contribution in [2.24, 2.45) is 5.92 Å². The minimum absolute atomic E-state index is 0.162. The molecule has 0 saturated carbocycles. The molecule has 1 amide bonds. The van der Waals surface area contributed by atoms with E-state index < -0.39 is 0 Å². The van der Waals surface area contributed by atoms with E-state index in [9.17, 15) is 4.79 Å². The SMILES string of the molecule is CCC(CC)C(=O)NCC(c1cccs1)N1CCCCC1. The van der Waals surface area contributed by atoms with Crippen molar-refractivity contribution in [3.63, 3.8) is 0 Å². The van der Waals surface area contributed by atoms with E-state index in [0.717, 1.165) is 32.5 Å². The summed E-state index contributed by atoms with van der Waals surface area (Å²) < 4.78 is 0. The molecule has 1 unspecified atom stereocenters. The Morgan fingerprint density at radius 3 is 2.57 bits per heavy atom. The van der Waals surface area contributed by atoms with Gasteiger partial charge in [0.25, 0.3) is 0 Å². The van der Waals surface area contributed by atoms with E-state index >= 15 is 0 Å². The van der Waals surface area contributed by atoms with Gasteiger partial charge in [-0.25, -0.2) is 0 Å². The fourth-order valence-electron chi connectivity index (χ4n) is 3.12. The van der Waals surface area contributed by atoms with Crippen LogP contribution in [0.25, 0.3) is 0 Å². The van der Waals surface area contributed by atoms with Crippen molar-refractivity contribution in [3.8, 4) is 0 Å². The normalized spacial score (nSPS) is 17.9. The van der Waals surface area contributed by atoms with Gasteiger partial charge >= 0.3 is 0 Å². The Morgan fingerprint density at radius 2 is 2.00 bits per heavy atom. The third-order valence-electron chi connectivity index (χ3n) is 4.53. The maximum atomic E-state index is 12.2. The zero-order valence-corrected chi connectivity index (χ0v) is 14.1. The standard InChI is InChI=1S/C17H28N2OS/c1-3-14(4-2)17(20)18-13-15(16-9-8-12-21-16)19-10-6-5-7-11-19/h8-9,12,14-15H,3-7,10-11,13H2,1-2H3,(H,18,20). The predicted molar refractivity (Wildman–Crippen MR) is 89.6 cm³/mol. The number of nitrogens with one attached hydrogen (secondary N) is 1. The molecule has 0 radical (unpaired) electrons. The number of carbonyl (C=O) groups is 1. The van der Waals surface area contributed by atoms with Crippen molar-refractivity contribution in [2.75, 3.05) is 19.6 Å². The van der Waals surface area contributed by atoms with Gasteiger partial charge in [-0.05, 0) is 50.2 Å². The molecule has 1 atom stereocenters. The quantitative estimate of drug-likeness (QED) is 0.830. The van der Waals surface area contributed by atoms with Gasteiger partial charge in [0.2, 0.25) is 5.91 Å². The van der Waals surface area contributed by atoms with E-state index in [2.05, 4.69) is 41.6 Å². The van der Waals surface area contributed by atoms with Crippen molar-refractivity contribution >= 4 is 17.2 Å². The molecule has 1 N–H and O–H groups in total. The van der Waals surface area contributed by atoms with Crippen molar-refractivity contribution in [2.45, 2.75) is 52.0 Å². The first-order valence-electron chi connectivity index (χ1n) is 8.31. The smallest absolute Gasteiger partial charge is 0.223 e. The van der Waals surface area contributed by atoms with Crippen LogP contribution in [0.15, 0.2) is 17.5 Å². The summed E-state index contributed by atoms with van der Waals surface area (Å²) in [7, 11) is 0. The monoisotopic (exact) mass is 308 g/mol. The van der Waals surface area contributed by atoms with E-state index in [-0.39, 0.29) is 11.8 Å². The van der Waals surface area contributed by atoms with Crippen molar-refractivity contribution in [3.05, 3.63) is 22.4 Å². The number of piperidine rings is 1. The maximum absolute atomic E-state index is 12.2. The van der Waals surface area contributed by atoms with Gasteiger partial charge in [-0.15, -0.1) is 11.3 Å². The Balaban J connectivity index is 1.98. The van der Waals surface area contributed by atoms with Gasteiger partial charge in [0.15, 0.2) is 0 Å². The summed E-state index contributed by atoms with van der Waals surface area (Å²) in [4.78, 5) is 16.2. The molecule has 2 heterocycles. The lowest BCUT2D eigenvalue weighted by Gasteiger charge is -2.34. The van der Waals surface area contributed by atoms with Gasteiger partial charge < -0.3 is 5.32 Å². The van der Waals surface area contributed by atoms with Crippen molar-refractivity contribution < 1.29 is 4.79 Å². The van der Waals surface area contributed by atoms with Crippen LogP contribution in [0, 0.1) is 5.92 Å². The molecule has 1 aliphatic rings.